The highest BCUT2D eigenvalue weighted by Crippen LogP contribution is 2.17. The molecule has 0 heterocycles. The van der Waals surface area contributed by atoms with Gasteiger partial charge in [0.1, 0.15) is 11.6 Å². The molecule has 122 valence electrons. The number of methoxy groups -OCH3 is 1. The van der Waals surface area contributed by atoms with Gasteiger partial charge in [-0.25, -0.2) is 4.39 Å². The average molecular weight is 316 g/mol. The highest BCUT2D eigenvalue weighted by atomic mass is 19.1. The van der Waals surface area contributed by atoms with Crippen molar-refractivity contribution in [3.8, 4) is 5.75 Å². The zero-order valence-electron chi connectivity index (χ0n) is 13.1. The lowest BCUT2D eigenvalue weighted by Crippen LogP contribution is -2.34. The molecule has 2 N–H and O–H groups in total. The molecule has 0 spiro atoms. The average Bonchev–Trinajstić information content (AvgIpc) is 2.57. The number of rotatable bonds is 8. The van der Waals surface area contributed by atoms with E-state index >= 15 is 0 Å². The van der Waals surface area contributed by atoms with Gasteiger partial charge in [-0.3, -0.25) is 4.79 Å². The van der Waals surface area contributed by atoms with E-state index in [1.54, 1.807) is 19.2 Å². The number of benzene rings is 2. The predicted octanol–water partition coefficient (Wildman–Crippen LogP) is 2.28. The molecule has 0 saturated heterocycles. The van der Waals surface area contributed by atoms with Gasteiger partial charge in [-0.15, -0.1) is 0 Å². The van der Waals surface area contributed by atoms with Crippen LogP contribution in [0, 0.1) is 5.82 Å². The highest BCUT2D eigenvalue weighted by Gasteiger charge is 2.04. The largest absolute Gasteiger partial charge is 0.496 e. The second kappa shape index (κ2) is 8.90. The molecule has 0 radical (unpaired) electrons. The number of halogens is 1. The zero-order valence-corrected chi connectivity index (χ0v) is 13.1. The summed E-state index contributed by atoms with van der Waals surface area (Å²) in [6.07, 6.45) is 0.716. The summed E-state index contributed by atoms with van der Waals surface area (Å²) < 4.78 is 18.1. The number of carbonyl (C=O) groups excluding carboxylic acids is 1. The maximum absolute atomic E-state index is 12.8. The summed E-state index contributed by atoms with van der Waals surface area (Å²) >= 11 is 0. The van der Waals surface area contributed by atoms with Crippen LogP contribution in [0.2, 0.25) is 0 Å². The first-order chi connectivity index (χ1) is 11.2. The van der Waals surface area contributed by atoms with Crippen molar-refractivity contribution >= 4 is 5.91 Å². The lowest BCUT2D eigenvalue weighted by atomic mass is 10.1. The monoisotopic (exact) mass is 316 g/mol. The third-order valence-corrected chi connectivity index (χ3v) is 3.44. The van der Waals surface area contributed by atoms with Gasteiger partial charge >= 0.3 is 0 Å². The van der Waals surface area contributed by atoms with Gasteiger partial charge in [0, 0.05) is 13.1 Å². The van der Waals surface area contributed by atoms with Gasteiger partial charge in [-0.1, -0.05) is 30.3 Å². The Kier molecular flexibility index (Phi) is 6.56. The van der Waals surface area contributed by atoms with Crippen molar-refractivity contribution in [3.05, 3.63) is 65.5 Å². The molecule has 5 heteroatoms. The number of amides is 1. The van der Waals surface area contributed by atoms with Crippen molar-refractivity contribution in [1.82, 2.24) is 10.6 Å². The van der Waals surface area contributed by atoms with Crippen molar-refractivity contribution in [2.75, 3.05) is 20.2 Å². The quantitative estimate of drug-likeness (QED) is 0.785. The normalized spacial score (nSPS) is 10.3. The van der Waals surface area contributed by atoms with E-state index in [-0.39, 0.29) is 18.3 Å². The van der Waals surface area contributed by atoms with Crippen LogP contribution in [0.15, 0.2) is 48.5 Å². The zero-order chi connectivity index (χ0) is 16.5. The van der Waals surface area contributed by atoms with E-state index in [2.05, 4.69) is 10.6 Å². The summed E-state index contributed by atoms with van der Waals surface area (Å²) in [6, 6.07) is 14.0. The Morgan fingerprint density at radius 1 is 1.13 bits per heavy atom. The summed E-state index contributed by atoms with van der Waals surface area (Å²) in [4.78, 5) is 11.8. The van der Waals surface area contributed by atoms with E-state index in [9.17, 15) is 9.18 Å². The topological polar surface area (TPSA) is 50.4 Å². The number of hydrogen-bond acceptors (Lipinski definition) is 3. The van der Waals surface area contributed by atoms with Gasteiger partial charge in [0.25, 0.3) is 0 Å². The van der Waals surface area contributed by atoms with Crippen LogP contribution in [0.4, 0.5) is 4.39 Å². The molecule has 0 atom stereocenters. The second-order valence-corrected chi connectivity index (χ2v) is 5.14. The van der Waals surface area contributed by atoms with Gasteiger partial charge < -0.3 is 15.4 Å². The fourth-order valence-electron chi connectivity index (χ4n) is 2.23. The van der Waals surface area contributed by atoms with Crippen LogP contribution in [0.5, 0.6) is 5.75 Å². The standard InChI is InChI=1S/C18H21FN2O2/c1-23-17-5-3-2-4-15(17)10-11-21-18(22)13-20-12-14-6-8-16(19)9-7-14/h2-9,20H,10-13H2,1H3,(H,21,22). The van der Waals surface area contributed by atoms with E-state index in [0.29, 0.717) is 19.5 Å². The molecule has 0 aliphatic rings. The minimum atomic E-state index is -0.261. The third kappa shape index (κ3) is 5.71. The fraction of sp³-hybridized carbons (Fsp3) is 0.278. The molecule has 0 unspecified atom stereocenters. The number of ether oxygens (including phenoxy) is 1. The van der Waals surface area contributed by atoms with Gasteiger partial charge in [0.05, 0.1) is 13.7 Å². The number of nitrogens with one attached hydrogen (secondary N) is 2. The van der Waals surface area contributed by atoms with E-state index in [1.165, 1.54) is 12.1 Å². The molecule has 0 aromatic heterocycles. The van der Waals surface area contributed by atoms with Gasteiger partial charge in [0.15, 0.2) is 0 Å². The molecule has 0 saturated carbocycles. The summed E-state index contributed by atoms with van der Waals surface area (Å²) in [5, 5.41) is 5.89. The number of carbonyl (C=O) groups is 1. The molecule has 23 heavy (non-hydrogen) atoms. The third-order valence-electron chi connectivity index (χ3n) is 3.44. The molecule has 2 aromatic carbocycles. The molecular formula is C18H21FN2O2. The summed E-state index contributed by atoms with van der Waals surface area (Å²) in [5.41, 5.74) is 2.00. The Morgan fingerprint density at radius 3 is 2.61 bits per heavy atom. The van der Waals surface area contributed by atoms with Gasteiger partial charge in [0.2, 0.25) is 5.91 Å². The van der Waals surface area contributed by atoms with Gasteiger partial charge in [-0.2, -0.15) is 0 Å². The van der Waals surface area contributed by atoms with Crippen molar-refractivity contribution < 1.29 is 13.9 Å². The Balaban J connectivity index is 1.66. The van der Waals surface area contributed by atoms with E-state index < -0.39 is 0 Å². The second-order valence-electron chi connectivity index (χ2n) is 5.14. The maximum Gasteiger partial charge on any atom is 0.233 e. The number of para-hydroxylation sites is 1. The van der Waals surface area contributed by atoms with Crippen LogP contribution in [-0.4, -0.2) is 26.1 Å². The van der Waals surface area contributed by atoms with Crippen LogP contribution < -0.4 is 15.4 Å². The minimum Gasteiger partial charge on any atom is -0.496 e. The number of hydrogen-bond donors (Lipinski definition) is 2. The predicted molar refractivity (Wildman–Crippen MR) is 87.8 cm³/mol. The van der Waals surface area contributed by atoms with E-state index in [1.807, 2.05) is 24.3 Å². The van der Waals surface area contributed by atoms with E-state index in [4.69, 9.17) is 4.74 Å². The molecule has 2 rings (SSSR count). The SMILES string of the molecule is COc1ccccc1CCNC(=O)CNCc1ccc(F)cc1. The maximum atomic E-state index is 12.8. The molecule has 0 bridgehead atoms. The summed E-state index contributed by atoms with van der Waals surface area (Å²) in [6.45, 7) is 1.31. The Labute approximate surface area is 135 Å². The first-order valence-corrected chi connectivity index (χ1v) is 7.53. The Bertz CT molecular complexity index is 629. The van der Waals surface area contributed by atoms with Crippen LogP contribution in [0.1, 0.15) is 11.1 Å². The molecule has 1 amide bonds. The van der Waals surface area contributed by atoms with Crippen LogP contribution in [-0.2, 0) is 17.8 Å². The highest BCUT2D eigenvalue weighted by molar-refractivity contribution is 5.77. The van der Waals surface area contributed by atoms with Crippen molar-refractivity contribution in [2.24, 2.45) is 0 Å². The molecule has 4 nitrogen and oxygen atoms in total. The Morgan fingerprint density at radius 2 is 1.87 bits per heavy atom. The lowest BCUT2D eigenvalue weighted by Gasteiger charge is -2.09. The van der Waals surface area contributed by atoms with Crippen molar-refractivity contribution in [1.29, 1.82) is 0 Å². The van der Waals surface area contributed by atoms with Crippen molar-refractivity contribution in [2.45, 2.75) is 13.0 Å². The van der Waals surface area contributed by atoms with Crippen LogP contribution in [0.25, 0.3) is 0 Å². The molecule has 0 fully saturated rings. The van der Waals surface area contributed by atoms with Gasteiger partial charge in [-0.05, 0) is 35.7 Å². The lowest BCUT2D eigenvalue weighted by molar-refractivity contribution is -0.120. The molecule has 0 aliphatic heterocycles. The molecule has 0 aliphatic carbocycles. The summed E-state index contributed by atoms with van der Waals surface area (Å²) in [7, 11) is 1.64. The first kappa shape index (κ1) is 17.0. The Hall–Kier alpha value is -2.40. The van der Waals surface area contributed by atoms with Crippen LogP contribution in [0.3, 0.4) is 0 Å². The van der Waals surface area contributed by atoms with Crippen molar-refractivity contribution in [3.63, 3.8) is 0 Å². The molecular weight excluding hydrogens is 295 g/mol. The smallest absolute Gasteiger partial charge is 0.233 e. The minimum absolute atomic E-state index is 0.0676. The van der Waals surface area contributed by atoms with Crippen LogP contribution >= 0.6 is 0 Å². The summed E-state index contributed by atoms with van der Waals surface area (Å²) in [5.74, 6) is 0.501. The molecule has 2 aromatic rings. The first-order valence-electron chi connectivity index (χ1n) is 7.53. The fourth-order valence-corrected chi connectivity index (χ4v) is 2.23. The van der Waals surface area contributed by atoms with E-state index in [0.717, 1.165) is 16.9 Å².